The van der Waals surface area contributed by atoms with Crippen LogP contribution in [0.4, 0.5) is 0 Å². The molecule has 1 amide bonds. The molecule has 0 aromatic heterocycles. The van der Waals surface area contributed by atoms with Gasteiger partial charge in [-0.05, 0) is 25.3 Å². The molecule has 0 N–H and O–H groups in total. The zero-order valence-electron chi connectivity index (χ0n) is 7.75. The van der Waals surface area contributed by atoms with Gasteiger partial charge in [-0.3, -0.25) is 4.79 Å². The molecule has 1 aliphatic heterocycles. The Bertz CT molecular complexity index is 177. The number of likely N-dealkylation sites (tertiary alicyclic amines) is 1. The van der Waals surface area contributed by atoms with E-state index in [0.29, 0.717) is 6.04 Å². The van der Waals surface area contributed by atoms with Crippen molar-refractivity contribution in [2.45, 2.75) is 38.6 Å². The van der Waals surface area contributed by atoms with E-state index in [1.54, 1.807) is 0 Å². The molecule has 0 aromatic carbocycles. The van der Waals surface area contributed by atoms with Crippen LogP contribution in [0.1, 0.15) is 32.6 Å². The average molecular weight is 167 g/mol. The molecular weight excluding hydrogens is 150 g/mol. The van der Waals surface area contributed by atoms with Gasteiger partial charge in [-0.25, -0.2) is 0 Å². The Hall–Kier alpha value is -0.790. The summed E-state index contributed by atoms with van der Waals surface area (Å²) < 4.78 is 0. The number of carbonyl (C=O) groups is 1. The van der Waals surface area contributed by atoms with Gasteiger partial charge >= 0.3 is 0 Å². The summed E-state index contributed by atoms with van der Waals surface area (Å²) in [6.07, 6.45) is 6.05. The fourth-order valence-electron chi connectivity index (χ4n) is 1.88. The van der Waals surface area contributed by atoms with E-state index in [4.69, 9.17) is 0 Å². The average Bonchev–Trinajstić information content (AvgIpc) is 2.52. The molecule has 0 bridgehead atoms. The van der Waals surface area contributed by atoms with Crippen LogP contribution in [0.2, 0.25) is 0 Å². The number of hydrogen-bond donors (Lipinski definition) is 0. The molecule has 1 rings (SSSR count). The first-order valence-corrected chi connectivity index (χ1v) is 4.72. The second-order valence-corrected chi connectivity index (χ2v) is 3.32. The largest absolute Gasteiger partial charge is 0.336 e. The van der Waals surface area contributed by atoms with Crippen LogP contribution in [0.3, 0.4) is 0 Å². The molecule has 1 aliphatic rings. The molecule has 68 valence electrons. The first kappa shape index (κ1) is 9.30. The van der Waals surface area contributed by atoms with Crippen LogP contribution in [0.5, 0.6) is 0 Å². The highest BCUT2D eigenvalue weighted by Gasteiger charge is 2.25. The second-order valence-electron chi connectivity index (χ2n) is 3.32. The molecular formula is C10H17NO. The minimum absolute atomic E-state index is 0.103. The maximum absolute atomic E-state index is 11.3. The van der Waals surface area contributed by atoms with Crippen LogP contribution in [0.15, 0.2) is 12.7 Å². The predicted molar refractivity (Wildman–Crippen MR) is 49.8 cm³/mol. The number of nitrogens with zero attached hydrogens (tertiary/aromatic N) is 1. The monoisotopic (exact) mass is 167 g/mol. The molecule has 0 aromatic rings. The lowest BCUT2D eigenvalue weighted by Gasteiger charge is -2.22. The summed E-state index contributed by atoms with van der Waals surface area (Å²) in [6, 6.07) is 0.487. The lowest BCUT2D eigenvalue weighted by atomic mass is 10.1. The van der Waals surface area contributed by atoms with Crippen molar-refractivity contribution < 1.29 is 4.79 Å². The minimum Gasteiger partial charge on any atom is -0.336 e. The number of hydrogen-bond acceptors (Lipinski definition) is 1. The van der Waals surface area contributed by atoms with E-state index >= 15 is 0 Å². The Morgan fingerprint density at radius 1 is 1.75 bits per heavy atom. The van der Waals surface area contributed by atoms with Gasteiger partial charge in [0.1, 0.15) is 0 Å². The smallest absolute Gasteiger partial charge is 0.246 e. The Balaban J connectivity index is 2.51. The maximum atomic E-state index is 11.3. The zero-order valence-corrected chi connectivity index (χ0v) is 7.75. The first-order chi connectivity index (χ1) is 5.79. The zero-order chi connectivity index (χ0) is 8.97. The Kier molecular flexibility index (Phi) is 3.32. The highest BCUT2D eigenvalue weighted by Crippen LogP contribution is 2.21. The van der Waals surface area contributed by atoms with Gasteiger partial charge in [0.2, 0.25) is 5.91 Å². The van der Waals surface area contributed by atoms with Crippen LogP contribution >= 0.6 is 0 Å². The number of amides is 1. The third-order valence-electron chi connectivity index (χ3n) is 2.46. The van der Waals surface area contributed by atoms with Gasteiger partial charge in [0.05, 0.1) is 0 Å². The van der Waals surface area contributed by atoms with E-state index in [9.17, 15) is 4.79 Å². The van der Waals surface area contributed by atoms with Gasteiger partial charge in [0.15, 0.2) is 0 Å². The molecule has 0 unspecified atom stereocenters. The molecule has 1 atom stereocenters. The molecule has 1 fully saturated rings. The standard InChI is InChI=1S/C10H17NO/c1-3-6-9-7-5-8-11(9)10(12)4-2/h4,9H,2-3,5-8H2,1H3/t9-/m0/s1. The van der Waals surface area contributed by atoms with Crippen molar-refractivity contribution in [1.29, 1.82) is 0 Å². The fourth-order valence-corrected chi connectivity index (χ4v) is 1.88. The SMILES string of the molecule is C=CC(=O)N1CCC[C@@H]1CCC. The van der Waals surface area contributed by atoms with Crippen LogP contribution < -0.4 is 0 Å². The Labute approximate surface area is 74.2 Å². The minimum atomic E-state index is 0.103. The first-order valence-electron chi connectivity index (χ1n) is 4.72. The van der Waals surface area contributed by atoms with Crippen molar-refractivity contribution >= 4 is 5.91 Å². The van der Waals surface area contributed by atoms with Crippen molar-refractivity contribution in [3.8, 4) is 0 Å². The summed E-state index contributed by atoms with van der Waals surface area (Å²) in [6.45, 7) is 6.60. The van der Waals surface area contributed by atoms with Gasteiger partial charge in [-0.1, -0.05) is 19.9 Å². The summed E-state index contributed by atoms with van der Waals surface area (Å²) in [4.78, 5) is 13.3. The van der Waals surface area contributed by atoms with E-state index in [-0.39, 0.29) is 5.91 Å². The van der Waals surface area contributed by atoms with Gasteiger partial charge in [0, 0.05) is 12.6 Å². The summed E-state index contributed by atoms with van der Waals surface area (Å²) in [5.41, 5.74) is 0. The van der Waals surface area contributed by atoms with Gasteiger partial charge in [0.25, 0.3) is 0 Å². The lowest BCUT2D eigenvalue weighted by molar-refractivity contribution is -0.126. The summed E-state index contributed by atoms with van der Waals surface area (Å²) in [7, 11) is 0. The van der Waals surface area contributed by atoms with Crippen LogP contribution in [0, 0.1) is 0 Å². The van der Waals surface area contributed by atoms with E-state index < -0.39 is 0 Å². The molecule has 2 nitrogen and oxygen atoms in total. The molecule has 1 heterocycles. The van der Waals surface area contributed by atoms with Crippen LogP contribution in [0.25, 0.3) is 0 Å². The summed E-state index contributed by atoms with van der Waals surface area (Å²) in [5, 5.41) is 0. The molecule has 0 spiro atoms. The van der Waals surface area contributed by atoms with Crippen molar-refractivity contribution in [2.24, 2.45) is 0 Å². The van der Waals surface area contributed by atoms with E-state index in [0.717, 1.165) is 25.8 Å². The Morgan fingerprint density at radius 2 is 2.50 bits per heavy atom. The topological polar surface area (TPSA) is 20.3 Å². The summed E-state index contributed by atoms with van der Waals surface area (Å²) in [5.74, 6) is 0.103. The third-order valence-corrected chi connectivity index (χ3v) is 2.46. The van der Waals surface area contributed by atoms with Crippen molar-refractivity contribution in [3.63, 3.8) is 0 Å². The van der Waals surface area contributed by atoms with E-state index in [1.807, 2.05) is 4.90 Å². The van der Waals surface area contributed by atoms with Crippen LogP contribution in [-0.2, 0) is 4.79 Å². The van der Waals surface area contributed by atoms with Crippen molar-refractivity contribution in [3.05, 3.63) is 12.7 Å². The van der Waals surface area contributed by atoms with Crippen molar-refractivity contribution in [1.82, 2.24) is 4.90 Å². The highest BCUT2D eigenvalue weighted by molar-refractivity contribution is 5.87. The number of carbonyl (C=O) groups excluding carboxylic acids is 1. The van der Waals surface area contributed by atoms with Gasteiger partial charge in [-0.15, -0.1) is 0 Å². The highest BCUT2D eigenvalue weighted by atomic mass is 16.2. The van der Waals surface area contributed by atoms with Gasteiger partial charge < -0.3 is 4.90 Å². The molecule has 0 aliphatic carbocycles. The van der Waals surface area contributed by atoms with E-state index in [1.165, 1.54) is 12.5 Å². The molecule has 0 radical (unpaired) electrons. The molecule has 0 saturated carbocycles. The van der Waals surface area contributed by atoms with Crippen molar-refractivity contribution in [2.75, 3.05) is 6.54 Å². The predicted octanol–water partition coefficient (Wildman–Crippen LogP) is 1.96. The summed E-state index contributed by atoms with van der Waals surface area (Å²) >= 11 is 0. The van der Waals surface area contributed by atoms with Gasteiger partial charge in [-0.2, -0.15) is 0 Å². The second kappa shape index (κ2) is 4.29. The lowest BCUT2D eigenvalue weighted by Crippen LogP contribution is -2.33. The third kappa shape index (κ3) is 1.87. The quantitative estimate of drug-likeness (QED) is 0.588. The maximum Gasteiger partial charge on any atom is 0.246 e. The molecule has 2 heteroatoms. The normalized spacial score (nSPS) is 22.8. The molecule has 1 saturated heterocycles. The molecule has 12 heavy (non-hydrogen) atoms. The number of rotatable bonds is 3. The van der Waals surface area contributed by atoms with E-state index in [2.05, 4.69) is 13.5 Å². The fraction of sp³-hybridized carbons (Fsp3) is 0.700. The van der Waals surface area contributed by atoms with Crippen LogP contribution in [-0.4, -0.2) is 23.4 Å². The Morgan fingerprint density at radius 3 is 3.08 bits per heavy atom.